The van der Waals surface area contributed by atoms with Crippen LogP contribution in [-0.4, -0.2) is 49.5 Å². The Morgan fingerprint density at radius 2 is 1.93 bits per heavy atom. The molecule has 29 heavy (non-hydrogen) atoms. The average Bonchev–Trinajstić information content (AvgIpc) is 3.25. The van der Waals surface area contributed by atoms with Crippen molar-refractivity contribution >= 4 is 50.6 Å². The molecule has 2 aromatic rings. The number of carbonyl (C=O) groups excluding carboxylic acids is 2. The number of carbonyl (C=O) groups is 2. The van der Waals surface area contributed by atoms with Crippen LogP contribution in [0.15, 0.2) is 50.9 Å². The molecule has 7 nitrogen and oxygen atoms in total. The lowest BCUT2D eigenvalue weighted by Crippen LogP contribution is -2.47. The second kappa shape index (κ2) is 8.47. The fraction of sp³-hybridized carbons (Fsp3) is 0.368. The quantitative estimate of drug-likeness (QED) is 0.728. The molecule has 3 heterocycles. The molecule has 1 aromatic heterocycles. The van der Waals surface area contributed by atoms with E-state index in [1.165, 1.54) is 23.1 Å². The van der Waals surface area contributed by atoms with E-state index in [2.05, 4.69) is 10.0 Å². The van der Waals surface area contributed by atoms with Crippen molar-refractivity contribution in [1.82, 2.24) is 9.62 Å². The van der Waals surface area contributed by atoms with Crippen LogP contribution in [-0.2, 0) is 19.6 Å². The van der Waals surface area contributed by atoms with Gasteiger partial charge in [0.2, 0.25) is 21.8 Å². The lowest BCUT2D eigenvalue weighted by molar-refractivity contribution is -0.133. The third-order valence-corrected chi connectivity index (χ3v) is 9.19. The molecule has 0 spiro atoms. The minimum atomic E-state index is -3.50. The molecule has 10 heteroatoms. The Labute approximate surface area is 177 Å². The lowest BCUT2D eigenvalue weighted by Gasteiger charge is -2.33. The molecule has 0 saturated carbocycles. The number of thioether (sulfide) groups is 1. The number of nitrogens with one attached hydrogen (secondary N) is 2. The van der Waals surface area contributed by atoms with Crippen molar-refractivity contribution in [2.45, 2.75) is 39.7 Å². The molecular weight excluding hydrogens is 430 g/mol. The Kier molecular flexibility index (Phi) is 5.95. The molecule has 0 aliphatic carbocycles. The van der Waals surface area contributed by atoms with Gasteiger partial charge in [0.25, 0.3) is 0 Å². The number of hydrogen-bond donors (Lipinski definition) is 2. The number of nitrogens with zero attached hydrogens (tertiary/aromatic N) is 1. The number of piperidine rings is 1. The molecule has 154 valence electrons. The predicted molar refractivity (Wildman–Crippen MR) is 114 cm³/mol. The Balaban J connectivity index is 1.30. The van der Waals surface area contributed by atoms with Crippen molar-refractivity contribution in [3.63, 3.8) is 0 Å². The van der Waals surface area contributed by atoms with Crippen LogP contribution in [0.25, 0.3) is 0 Å². The van der Waals surface area contributed by atoms with Crippen molar-refractivity contribution in [2.24, 2.45) is 0 Å². The molecule has 1 atom stereocenters. The van der Waals surface area contributed by atoms with Crippen molar-refractivity contribution in [3.8, 4) is 0 Å². The number of fused-ring (bicyclic) bond motifs is 1. The molecule has 4 rings (SSSR count). The summed E-state index contributed by atoms with van der Waals surface area (Å²) < 4.78 is 27.7. The molecular formula is C19H21N3O4S3. The fourth-order valence-electron chi connectivity index (χ4n) is 3.46. The first-order valence-corrected chi connectivity index (χ1v) is 12.6. The number of para-hydroxylation sites is 1. The molecule has 1 saturated heterocycles. The van der Waals surface area contributed by atoms with E-state index in [4.69, 9.17) is 0 Å². The summed E-state index contributed by atoms with van der Waals surface area (Å²) >= 11 is 2.60. The van der Waals surface area contributed by atoms with E-state index in [0.717, 1.165) is 10.6 Å². The van der Waals surface area contributed by atoms with Gasteiger partial charge < -0.3 is 10.2 Å². The number of sulfonamides is 1. The standard InChI is InChI=1S/C19H21N3O4S3/c23-17(12-16-19(24)20-14-4-1-2-5-15(14)28-16)22-9-7-13(8-10-22)21-29(25,26)18-6-3-11-27-18/h1-6,11,13,16,21H,7-10,12H2,(H,20,24)/t16-/m0/s1. The topological polar surface area (TPSA) is 95.6 Å². The highest BCUT2D eigenvalue weighted by Gasteiger charge is 2.32. The monoisotopic (exact) mass is 451 g/mol. The Morgan fingerprint density at radius 1 is 1.17 bits per heavy atom. The van der Waals surface area contributed by atoms with Crippen LogP contribution in [0.4, 0.5) is 5.69 Å². The first-order valence-electron chi connectivity index (χ1n) is 9.32. The third kappa shape index (κ3) is 4.66. The SMILES string of the molecule is O=C1Nc2ccccc2S[C@H]1CC(=O)N1CCC(NS(=O)(=O)c2cccs2)CC1. The number of benzene rings is 1. The number of anilines is 1. The van der Waals surface area contributed by atoms with Crippen LogP contribution >= 0.6 is 23.1 Å². The van der Waals surface area contributed by atoms with Gasteiger partial charge in [-0.2, -0.15) is 0 Å². The van der Waals surface area contributed by atoms with Crippen molar-refractivity contribution in [2.75, 3.05) is 18.4 Å². The van der Waals surface area contributed by atoms with Crippen LogP contribution in [0.5, 0.6) is 0 Å². The molecule has 1 aromatic carbocycles. The zero-order valence-electron chi connectivity index (χ0n) is 15.5. The molecule has 0 radical (unpaired) electrons. The number of likely N-dealkylation sites (tertiary alicyclic amines) is 1. The normalized spacial score (nSPS) is 20.2. The van der Waals surface area contributed by atoms with E-state index in [1.54, 1.807) is 22.4 Å². The zero-order chi connectivity index (χ0) is 20.4. The van der Waals surface area contributed by atoms with Crippen LogP contribution in [0.2, 0.25) is 0 Å². The van der Waals surface area contributed by atoms with Crippen LogP contribution in [0.1, 0.15) is 19.3 Å². The van der Waals surface area contributed by atoms with E-state index in [0.29, 0.717) is 30.1 Å². The van der Waals surface area contributed by atoms with Crippen molar-refractivity contribution in [1.29, 1.82) is 0 Å². The van der Waals surface area contributed by atoms with Gasteiger partial charge >= 0.3 is 0 Å². The van der Waals surface area contributed by atoms with Crippen molar-refractivity contribution in [3.05, 3.63) is 41.8 Å². The molecule has 2 aliphatic heterocycles. The summed E-state index contributed by atoms with van der Waals surface area (Å²) in [6.07, 6.45) is 1.25. The summed E-state index contributed by atoms with van der Waals surface area (Å²) in [6.45, 7) is 0.956. The first-order chi connectivity index (χ1) is 13.9. The van der Waals surface area contributed by atoms with Crippen LogP contribution < -0.4 is 10.0 Å². The summed E-state index contributed by atoms with van der Waals surface area (Å²) in [6, 6.07) is 10.6. The van der Waals surface area contributed by atoms with E-state index in [-0.39, 0.29) is 24.3 Å². The fourth-order valence-corrected chi connectivity index (χ4v) is 6.87. The van der Waals surface area contributed by atoms with Gasteiger partial charge in [-0.25, -0.2) is 13.1 Å². The van der Waals surface area contributed by atoms with Gasteiger partial charge in [0.15, 0.2) is 0 Å². The summed E-state index contributed by atoms with van der Waals surface area (Å²) in [5.41, 5.74) is 0.782. The Bertz CT molecular complexity index is 999. The van der Waals surface area contributed by atoms with Gasteiger partial charge in [-0.15, -0.1) is 23.1 Å². The smallest absolute Gasteiger partial charge is 0.250 e. The maximum atomic E-state index is 12.7. The minimum Gasteiger partial charge on any atom is -0.343 e. The number of rotatable bonds is 5. The van der Waals surface area contributed by atoms with Crippen molar-refractivity contribution < 1.29 is 18.0 Å². The maximum absolute atomic E-state index is 12.7. The highest BCUT2D eigenvalue weighted by atomic mass is 32.2. The number of amides is 2. The van der Waals surface area contributed by atoms with Crippen LogP contribution in [0.3, 0.4) is 0 Å². The number of hydrogen-bond acceptors (Lipinski definition) is 6. The van der Waals surface area contributed by atoms with Gasteiger partial charge in [0.05, 0.1) is 10.9 Å². The second-order valence-electron chi connectivity index (χ2n) is 7.00. The summed E-state index contributed by atoms with van der Waals surface area (Å²) in [5, 5.41) is 4.14. The van der Waals surface area contributed by atoms with Crippen LogP contribution in [0, 0.1) is 0 Å². The highest BCUT2D eigenvalue weighted by molar-refractivity contribution is 8.01. The van der Waals surface area contributed by atoms with Gasteiger partial charge in [-0.3, -0.25) is 9.59 Å². The Morgan fingerprint density at radius 3 is 2.66 bits per heavy atom. The molecule has 0 bridgehead atoms. The minimum absolute atomic E-state index is 0.0726. The molecule has 1 fully saturated rings. The average molecular weight is 452 g/mol. The highest BCUT2D eigenvalue weighted by Crippen LogP contribution is 2.36. The van der Waals surface area contributed by atoms with E-state index in [9.17, 15) is 18.0 Å². The van der Waals surface area contributed by atoms with E-state index < -0.39 is 15.3 Å². The second-order valence-corrected chi connectivity index (χ2v) is 11.1. The van der Waals surface area contributed by atoms with E-state index in [1.807, 2.05) is 24.3 Å². The molecule has 2 amide bonds. The van der Waals surface area contributed by atoms with E-state index >= 15 is 0 Å². The molecule has 2 N–H and O–H groups in total. The predicted octanol–water partition coefficient (Wildman–Crippen LogP) is 2.52. The first kappa shape index (κ1) is 20.4. The largest absolute Gasteiger partial charge is 0.343 e. The number of thiophene rings is 1. The summed E-state index contributed by atoms with van der Waals surface area (Å²) in [4.78, 5) is 27.7. The van der Waals surface area contributed by atoms with Gasteiger partial charge in [-0.05, 0) is 36.4 Å². The maximum Gasteiger partial charge on any atom is 0.250 e. The summed E-state index contributed by atoms with van der Waals surface area (Å²) in [7, 11) is -3.50. The lowest BCUT2D eigenvalue weighted by atomic mass is 10.1. The van der Waals surface area contributed by atoms with Gasteiger partial charge in [-0.1, -0.05) is 18.2 Å². The molecule has 0 unspecified atom stereocenters. The van der Waals surface area contributed by atoms with Gasteiger partial charge in [0.1, 0.15) is 4.21 Å². The zero-order valence-corrected chi connectivity index (χ0v) is 18.0. The third-order valence-electron chi connectivity index (χ3n) is 5.00. The Hall–Kier alpha value is -1.88. The summed E-state index contributed by atoms with van der Waals surface area (Å²) in [5.74, 6) is -0.225. The molecule has 2 aliphatic rings. The van der Waals surface area contributed by atoms with Gasteiger partial charge in [0, 0.05) is 30.4 Å².